The molecule has 0 saturated heterocycles. The molecule has 0 saturated carbocycles. The topological polar surface area (TPSA) is 78.9 Å². The second-order valence-corrected chi connectivity index (χ2v) is 23.8. The van der Waals surface area contributed by atoms with E-state index in [9.17, 15) is 14.4 Å². The molecular formula is C69H134O6. The Morgan fingerprint density at radius 2 is 0.360 bits per heavy atom. The SMILES string of the molecule is CCCCCCCCCCCCCCCCCCCCCCCCCCCCCCCCCCC(=O)OCC(COC(=O)CCCCCCCCCCC)OC(=O)CCCCCCCCCCCCCCCCCC. The Kier molecular flexibility index (Phi) is 63.6. The minimum absolute atomic E-state index is 0.0610. The minimum atomic E-state index is -0.761. The second kappa shape index (κ2) is 64.9. The number of rotatable bonds is 65. The molecular weight excluding hydrogens is 925 g/mol. The van der Waals surface area contributed by atoms with Crippen LogP contribution in [0.2, 0.25) is 0 Å². The minimum Gasteiger partial charge on any atom is -0.462 e. The Bertz CT molecular complexity index is 1120. The van der Waals surface area contributed by atoms with Gasteiger partial charge < -0.3 is 14.2 Å². The molecule has 0 heterocycles. The average molecular weight is 1060 g/mol. The first-order chi connectivity index (χ1) is 37.0. The molecule has 0 radical (unpaired) electrons. The van der Waals surface area contributed by atoms with Gasteiger partial charge in [-0.25, -0.2) is 0 Å². The van der Waals surface area contributed by atoms with Crippen molar-refractivity contribution >= 4 is 17.9 Å². The number of unbranched alkanes of at least 4 members (excludes halogenated alkanes) is 54. The predicted octanol–water partition coefficient (Wildman–Crippen LogP) is 23.5. The van der Waals surface area contributed by atoms with Crippen molar-refractivity contribution < 1.29 is 28.6 Å². The summed E-state index contributed by atoms with van der Waals surface area (Å²) in [5.41, 5.74) is 0. The largest absolute Gasteiger partial charge is 0.462 e. The zero-order valence-corrected chi connectivity index (χ0v) is 51.4. The molecule has 0 bridgehead atoms. The van der Waals surface area contributed by atoms with Crippen molar-refractivity contribution in [2.45, 2.75) is 412 Å². The van der Waals surface area contributed by atoms with Crippen molar-refractivity contribution in [1.29, 1.82) is 0 Å². The molecule has 6 heteroatoms. The van der Waals surface area contributed by atoms with Crippen LogP contribution >= 0.6 is 0 Å². The molecule has 1 atom stereocenters. The van der Waals surface area contributed by atoms with Gasteiger partial charge in [0.2, 0.25) is 0 Å². The van der Waals surface area contributed by atoms with Crippen LogP contribution in [0.3, 0.4) is 0 Å². The normalized spacial score (nSPS) is 11.9. The van der Waals surface area contributed by atoms with Gasteiger partial charge in [-0.1, -0.05) is 367 Å². The highest BCUT2D eigenvalue weighted by Crippen LogP contribution is 2.19. The summed E-state index contributed by atoms with van der Waals surface area (Å²) in [5, 5.41) is 0. The van der Waals surface area contributed by atoms with E-state index in [0.29, 0.717) is 19.3 Å². The fourth-order valence-corrected chi connectivity index (χ4v) is 10.9. The zero-order valence-electron chi connectivity index (χ0n) is 51.4. The lowest BCUT2D eigenvalue weighted by molar-refractivity contribution is -0.167. The van der Waals surface area contributed by atoms with Gasteiger partial charge in [-0.05, 0) is 19.3 Å². The first-order valence-corrected chi connectivity index (χ1v) is 34.5. The number of carbonyl (C=O) groups is 3. The molecule has 0 aliphatic rings. The Morgan fingerprint density at radius 1 is 0.213 bits per heavy atom. The Morgan fingerprint density at radius 3 is 0.533 bits per heavy atom. The van der Waals surface area contributed by atoms with Crippen LogP contribution in [0, 0.1) is 0 Å². The molecule has 0 aromatic heterocycles. The monoisotopic (exact) mass is 1060 g/mol. The van der Waals surface area contributed by atoms with E-state index < -0.39 is 6.10 Å². The maximum atomic E-state index is 12.9. The quantitative estimate of drug-likeness (QED) is 0.0343. The van der Waals surface area contributed by atoms with Crippen LogP contribution in [0.15, 0.2) is 0 Å². The van der Waals surface area contributed by atoms with E-state index in [-0.39, 0.29) is 31.1 Å². The summed E-state index contributed by atoms with van der Waals surface area (Å²) in [7, 11) is 0. The smallest absolute Gasteiger partial charge is 0.306 e. The van der Waals surface area contributed by atoms with Crippen LogP contribution in [-0.2, 0) is 28.6 Å². The van der Waals surface area contributed by atoms with Crippen molar-refractivity contribution in [3.05, 3.63) is 0 Å². The average Bonchev–Trinajstić information content (AvgIpc) is 3.41. The Hall–Kier alpha value is -1.59. The lowest BCUT2D eigenvalue weighted by atomic mass is 10.0. The number of hydrogen-bond donors (Lipinski definition) is 0. The maximum Gasteiger partial charge on any atom is 0.306 e. The molecule has 0 rings (SSSR count). The summed E-state index contributed by atoms with van der Waals surface area (Å²) in [4.78, 5) is 38.2. The molecule has 75 heavy (non-hydrogen) atoms. The van der Waals surface area contributed by atoms with Gasteiger partial charge in [-0.15, -0.1) is 0 Å². The van der Waals surface area contributed by atoms with Gasteiger partial charge in [-0.3, -0.25) is 14.4 Å². The molecule has 0 fully saturated rings. The lowest BCUT2D eigenvalue weighted by Gasteiger charge is -2.18. The molecule has 6 nitrogen and oxygen atoms in total. The maximum absolute atomic E-state index is 12.9. The van der Waals surface area contributed by atoms with Gasteiger partial charge in [-0.2, -0.15) is 0 Å². The first kappa shape index (κ1) is 73.4. The van der Waals surface area contributed by atoms with Crippen LogP contribution in [0.4, 0.5) is 0 Å². The van der Waals surface area contributed by atoms with Crippen LogP contribution in [0.1, 0.15) is 406 Å². The van der Waals surface area contributed by atoms with E-state index in [2.05, 4.69) is 20.8 Å². The zero-order chi connectivity index (χ0) is 54.3. The van der Waals surface area contributed by atoms with Crippen molar-refractivity contribution in [3.63, 3.8) is 0 Å². The van der Waals surface area contributed by atoms with Crippen LogP contribution < -0.4 is 0 Å². The van der Waals surface area contributed by atoms with E-state index in [4.69, 9.17) is 14.2 Å². The third-order valence-corrected chi connectivity index (χ3v) is 16.1. The number of hydrogen-bond acceptors (Lipinski definition) is 6. The second-order valence-electron chi connectivity index (χ2n) is 23.8. The molecule has 0 amide bonds. The molecule has 0 spiro atoms. The van der Waals surface area contributed by atoms with Gasteiger partial charge in [0, 0.05) is 19.3 Å². The van der Waals surface area contributed by atoms with E-state index in [1.165, 1.54) is 308 Å². The summed E-state index contributed by atoms with van der Waals surface area (Å²) >= 11 is 0. The van der Waals surface area contributed by atoms with Gasteiger partial charge in [0.05, 0.1) is 0 Å². The van der Waals surface area contributed by atoms with Gasteiger partial charge in [0.1, 0.15) is 13.2 Å². The number of ether oxygens (including phenoxy) is 3. The molecule has 446 valence electrons. The molecule has 0 aromatic rings. The van der Waals surface area contributed by atoms with Crippen molar-refractivity contribution in [1.82, 2.24) is 0 Å². The van der Waals surface area contributed by atoms with E-state index in [1.807, 2.05) is 0 Å². The highest BCUT2D eigenvalue weighted by atomic mass is 16.6. The summed E-state index contributed by atoms with van der Waals surface area (Å²) in [6.07, 6.45) is 75.9. The number of esters is 3. The highest BCUT2D eigenvalue weighted by Gasteiger charge is 2.19. The van der Waals surface area contributed by atoms with Crippen LogP contribution in [-0.4, -0.2) is 37.2 Å². The molecule has 0 N–H and O–H groups in total. The van der Waals surface area contributed by atoms with Crippen molar-refractivity contribution in [3.8, 4) is 0 Å². The molecule has 0 aliphatic heterocycles. The lowest BCUT2D eigenvalue weighted by Crippen LogP contribution is -2.30. The fraction of sp³-hybridized carbons (Fsp3) is 0.957. The summed E-state index contributed by atoms with van der Waals surface area (Å²) < 4.78 is 16.9. The van der Waals surface area contributed by atoms with E-state index in [0.717, 1.165) is 57.8 Å². The fourth-order valence-electron chi connectivity index (χ4n) is 10.9. The molecule has 0 aromatic carbocycles. The van der Waals surface area contributed by atoms with Gasteiger partial charge in [0.25, 0.3) is 0 Å². The standard InChI is InChI=1S/C69H134O6/c1-4-7-10-13-16-19-21-23-25-27-28-29-30-31-32-33-34-35-36-37-38-39-40-41-42-44-45-47-50-53-56-59-62-68(71)74-65-66(64-73-67(70)61-58-55-52-49-18-15-12-9-6-3)75-69(72)63-60-57-54-51-48-46-43-26-24-22-20-17-14-11-8-5-2/h66H,4-65H2,1-3H3. The van der Waals surface area contributed by atoms with Gasteiger partial charge >= 0.3 is 17.9 Å². The summed E-state index contributed by atoms with van der Waals surface area (Å²) in [6.45, 7) is 6.70. The summed E-state index contributed by atoms with van der Waals surface area (Å²) in [6, 6.07) is 0. The van der Waals surface area contributed by atoms with Crippen LogP contribution in [0.25, 0.3) is 0 Å². The predicted molar refractivity (Wildman–Crippen MR) is 326 cm³/mol. The molecule has 1 unspecified atom stereocenters. The first-order valence-electron chi connectivity index (χ1n) is 34.5. The third-order valence-electron chi connectivity index (χ3n) is 16.1. The van der Waals surface area contributed by atoms with E-state index >= 15 is 0 Å². The Balaban J connectivity index is 3.98. The van der Waals surface area contributed by atoms with Crippen LogP contribution in [0.5, 0.6) is 0 Å². The molecule has 0 aliphatic carbocycles. The highest BCUT2D eigenvalue weighted by molar-refractivity contribution is 5.71. The summed E-state index contributed by atoms with van der Waals surface area (Å²) in [5.74, 6) is -0.831. The Labute approximate surface area is 469 Å². The van der Waals surface area contributed by atoms with E-state index in [1.54, 1.807) is 0 Å². The van der Waals surface area contributed by atoms with Gasteiger partial charge in [0.15, 0.2) is 6.10 Å². The van der Waals surface area contributed by atoms with Crippen molar-refractivity contribution in [2.75, 3.05) is 13.2 Å². The van der Waals surface area contributed by atoms with Crippen molar-refractivity contribution in [2.24, 2.45) is 0 Å². The third kappa shape index (κ3) is 63.1. The number of carbonyl (C=O) groups excluding carboxylic acids is 3.